The Morgan fingerprint density at radius 2 is 1.80 bits per heavy atom. The average molecular weight is 334 g/mol. The quantitative estimate of drug-likeness (QED) is 0.848. The number of carbonyl (C=O) groups excluding carboxylic acids is 1. The zero-order chi connectivity index (χ0) is 14.7. The summed E-state index contributed by atoms with van der Waals surface area (Å²) in [5.41, 5.74) is 14.0. The van der Waals surface area contributed by atoms with Gasteiger partial charge in [0.25, 0.3) is 5.91 Å². The fourth-order valence-corrected chi connectivity index (χ4v) is 2.45. The molecule has 4 nitrogen and oxygen atoms in total. The number of halogens is 1. The van der Waals surface area contributed by atoms with Gasteiger partial charge in [-0.1, -0.05) is 28.1 Å². The van der Waals surface area contributed by atoms with Crippen molar-refractivity contribution in [3.05, 3.63) is 58.1 Å². The SMILES string of the molecule is CN(Cc1cccc(Br)c1)C(=O)c1cc(N)cc(N)c1. The van der Waals surface area contributed by atoms with Crippen molar-refractivity contribution < 1.29 is 4.79 Å². The fraction of sp³-hybridized carbons (Fsp3) is 0.133. The van der Waals surface area contributed by atoms with Crippen LogP contribution in [0.25, 0.3) is 0 Å². The van der Waals surface area contributed by atoms with Gasteiger partial charge in [-0.05, 0) is 35.9 Å². The highest BCUT2D eigenvalue weighted by Gasteiger charge is 2.13. The molecule has 0 spiro atoms. The van der Waals surface area contributed by atoms with Crippen LogP contribution >= 0.6 is 15.9 Å². The fourth-order valence-electron chi connectivity index (χ4n) is 2.00. The van der Waals surface area contributed by atoms with E-state index in [1.165, 1.54) is 0 Å². The number of anilines is 2. The Kier molecular flexibility index (Phi) is 4.29. The molecule has 0 bridgehead atoms. The Morgan fingerprint density at radius 3 is 2.40 bits per heavy atom. The number of amides is 1. The molecule has 0 aliphatic carbocycles. The summed E-state index contributed by atoms with van der Waals surface area (Å²) in [4.78, 5) is 14.0. The van der Waals surface area contributed by atoms with Gasteiger partial charge in [-0.25, -0.2) is 0 Å². The van der Waals surface area contributed by atoms with Gasteiger partial charge in [0.15, 0.2) is 0 Å². The number of benzene rings is 2. The molecule has 0 atom stereocenters. The predicted molar refractivity (Wildman–Crippen MR) is 85.2 cm³/mol. The van der Waals surface area contributed by atoms with E-state index < -0.39 is 0 Å². The van der Waals surface area contributed by atoms with Crippen LogP contribution in [0.4, 0.5) is 11.4 Å². The van der Waals surface area contributed by atoms with Crippen molar-refractivity contribution in [3.63, 3.8) is 0 Å². The number of nitrogens with two attached hydrogens (primary N) is 2. The first-order valence-corrected chi connectivity index (χ1v) is 6.91. The van der Waals surface area contributed by atoms with Gasteiger partial charge in [0, 0.05) is 35.0 Å². The summed E-state index contributed by atoms with van der Waals surface area (Å²) in [5.74, 6) is -0.107. The lowest BCUT2D eigenvalue weighted by Crippen LogP contribution is -2.26. The van der Waals surface area contributed by atoms with Gasteiger partial charge < -0.3 is 16.4 Å². The Bertz CT molecular complexity index is 623. The molecular formula is C15H16BrN3O. The van der Waals surface area contributed by atoms with Crippen LogP contribution in [-0.4, -0.2) is 17.9 Å². The van der Waals surface area contributed by atoms with Crippen molar-refractivity contribution in [2.24, 2.45) is 0 Å². The molecule has 5 heteroatoms. The van der Waals surface area contributed by atoms with Crippen molar-refractivity contribution in [1.82, 2.24) is 4.90 Å². The molecule has 0 unspecified atom stereocenters. The van der Waals surface area contributed by atoms with E-state index in [9.17, 15) is 4.79 Å². The van der Waals surface area contributed by atoms with Crippen molar-refractivity contribution in [1.29, 1.82) is 0 Å². The largest absolute Gasteiger partial charge is 0.399 e. The van der Waals surface area contributed by atoms with Crippen molar-refractivity contribution >= 4 is 33.2 Å². The van der Waals surface area contributed by atoms with Crippen LogP contribution in [0.1, 0.15) is 15.9 Å². The van der Waals surface area contributed by atoms with E-state index >= 15 is 0 Å². The number of nitrogen functional groups attached to an aromatic ring is 2. The molecule has 0 radical (unpaired) electrons. The van der Waals surface area contributed by atoms with Crippen molar-refractivity contribution in [3.8, 4) is 0 Å². The van der Waals surface area contributed by atoms with Crippen LogP contribution in [0, 0.1) is 0 Å². The Balaban J connectivity index is 2.16. The third kappa shape index (κ3) is 3.51. The molecule has 2 aromatic carbocycles. The van der Waals surface area contributed by atoms with E-state index in [2.05, 4.69) is 15.9 Å². The molecule has 2 rings (SSSR count). The zero-order valence-electron chi connectivity index (χ0n) is 11.1. The molecule has 0 aliphatic rings. The number of carbonyl (C=O) groups is 1. The second-order valence-electron chi connectivity index (χ2n) is 4.68. The summed E-state index contributed by atoms with van der Waals surface area (Å²) in [5, 5.41) is 0. The van der Waals surface area contributed by atoms with Crippen molar-refractivity contribution in [2.75, 3.05) is 18.5 Å². The lowest BCUT2D eigenvalue weighted by Gasteiger charge is -2.18. The smallest absolute Gasteiger partial charge is 0.254 e. The van der Waals surface area contributed by atoms with Gasteiger partial charge in [0.05, 0.1) is 0 Å². The molecule has 104 valence electrons. The number of rotatable bonds is 3. The molecule has 0 saturated heterocycles. The molecular weight excluding hydrogens is 318 g/mol. The standard InChI is InChI=1S/C15H16BrN3O/c1-19(9-10-3-2-4-12(16)5-10)15(20)11-6-13(17)8-14(18)7-11/h2-8H,9,17-18H2,1H3. The van der Waals surface area contributed by atoms with E-state index in [1.54, 1.807) is 30.1 Å². The highest BCUT2D eigenvalue weighted by molar-refractivity contribution is 9.10. The highest BCUT2D eigenvalue weighted by Crippen LogP contribution is 2.17. The maximum Gasteiger partial charge on any atom is 0.254 e. The van der Waals surface area contributed by atoms with Gasteiger partial charge in [0.2, 0.25) is 0 Å². The van der Waals surface area contributed by atoms with E-state index in [-0.39, 0.29) is 5.91 Å². The first-order chi connectivity index (χ1) is 9.45. The summed E-state index contributed by atoms with van der Waals surface area (Å²) in [6.07, 6.45) is 0. The topological polar surface area (TPSA) is 72.3 Å². The summed E-state index contributed by atoms with van der Waals surface area (Å²) >= 11 is 3.42. The van der Waals surface area contributed by atoms with Gasteiger partial charge in [0.1, 0.15) is 0 Å². The van der Waals surface area contributed by atoms with Crippen LogP contribution < -0.4 is 11.5 Å². The van der Waals surface area contributed by atoms with E-state index in [0.717, 1.165) is 10.0 Å². The zero-order valence-corrected chi connectivity index (χ0v) is 12.7. The van der Waals surface area contributed by atoms with E-state index in [0.29, 0.717) is 23.5 Å². The molecule has 0 aromatic heterocycles. The minimum absolute atomic E-state index is 0.107. The summed E-state index contributed by atoms with van der Waals surface area (Å²) in [6, 6.07) is 12.7. The number of hydrogen-bond acceptors (Lipinski definition) is 3. The highest BCUT2D eigenvalue weighted by atomic mass is 79.9. The molecule has 0 fully saturated rings. The minimum Gasteiger partial charge on any atom is -0.399 e. The molecule has 0 aliphatic heterocycles. The molecule has 0 heterocycles. The molecule has 2 aromatic rings. The maximum atomic E-state index is 12.3. The second kappa shape index (κ2) is 5.96. The van der Waals surface area contributed by atoms with Crippen molar-refractivity contribution in [2.45, 2.75) is 6.54 Å². The Labute approximate surface area is 126 Å². The lowest BCUT2D eigenvalue weighted by molar-refractivity contribution is 0.0785. The Morgan fingerprint density at radius 1 is 1.15 bits per heavy atom. The van der Waals surface area contributed by atoms with Crippen LogP contribution in [0.2, 0.25) is 0 Å². The van der Waals surface area contributed by atoms with E-state index in [1.807, 2.05) is 24.3 Å². The predicted octanol–water partition coefficient (Wildman–Crippen LogP) is 2.89. The van der Waals surface area contributed by atoms with Crippen LogP contribution in [0.3, 0.4) is 0 Å². The number of nitrogens with zero attached hydrogens (tertiary/aromatic N) is 1. The average Bonchev–Trinajstić information content (AvgIpc) is 2.36. The molecule has 4 N–H and O–H groups in total. The molecule has 20 heavy (non-hydrogen) atoms. The normalized spacial score (nSPS) is 10.3. The first kappa shape index (κ1) is 14.4. The summed E-state index contributed by atoms with van der Waals surface area (Å²) < 4.78 is 0.990. The maximum absolute atomic E-state index is 12.3. The molecule has 0 saturated carbocycles. The van der Waals surface area contributed by atoms with Gasteiger partial charge in [-0.2, -0.15) is 0 Å². The van der Waals surface area contributed by atoms with Crippen LogP contribution in [-0.2, 0) is 6.54 Å². The summed E-state index contributed by atoms with van der Waals surface area (Å²) in [7, 11) is 1.75. The summed E-state index contributed by atoms with van der Waals surface area (Å²) in [6.45, 7) is 0.521. The monoisotopic (exact) mass is 333 g/mol. The van der Waals surface area contributed by atoms with Gasteiger partial charge >= 0.3 is 0 Å². The minimum atomic E-state index is -0.107. The third-order valence-corrected chi connectivity index (χ3v) is 3.37. The molecule has 1 amide bonds. The van der Waals surface area contributed by atoms with Gasteiger partial charge in [-0.15, -0.1) is 0 Å². The Hall–Kier alpha value is -2.01. The third-order valence-electron chi connectivity index (χ3n) is 2.88. The number of hydrogen-bond donors (Lipinski definition) is 2. The van der Waals surface area contributed by atoms with Crippen LogP contribution in [0.15, 0.2) is 46.9 Å². The van der Waals surface area contributed by atoms with E-state index in [4.69, 9.17) is 11.5 Å². The van der Waals surface area contributed by atoms with Gasteiger partial charge in [-0.3, -0.25) is 4.79 Å². The first-order valence-electron chi connectivity index (χ1n) is 6.11. The van der Waals surface area contributed by atoms with Crippen LogP contribution in [0.5, 0.6) is 0 Å². The lowest BCUT2D eigenvalue weighted by atomic mass is 10.1. The second-order valence-corrected chi connectivity index (χ2v) is 5.60.